The van der Waals surface area contributed by atoms with Crippen LogP contribution < -0.4 is 5.32 Å². The van der Waals surface area contributed by atoms with Crippen LogP contribution in [0, 0.1) is 20.8 Å². The average molecular weight is 401 g/mol. The van der Waals surface area contributed by atoms with E-state index in [1.807, 2.05) is 45.4 Å². The first-order valence-electron chi connectivity index (χ1n) is 8.89. The molecule has 0 aliphatic heterocycles. The van der Waals surface area contributed by atoms with Crippen LogP contribution in [0.1, 0.15) is 24.1 Å². The van der Waals surface area contributed by atoms with E-state index in [2.05, 4.69) is 27.2 Å². The summed E-state index contributed by atoms with van der Waals surface area (Å²) in [5.74, 6) is 1.35. The van der Waals surface area contributed by atoms with Crippen LogP contribution in [-0.4, -0.2) is 35.7 Å². The molecule has 0 aliphatic carbocycles. The molecule has 1 atom stereocenters. The Morgan fingerprint density at radius 1 is 1.39 bits per heavy atom. The molecule has 0 aliphatic rings. The highest BCUT2D eigenvalue weighted by molar-refractivity contribution is 8.00. The Balaban J connectivity index is 1.81. The number of anilines is 1. The van der Waals surface area contributed by atoms with Gasteiger partial charge in [0.15, 0.2) is 11.0 Å². The predicted molar refractivity (Wildman–Crippen MR) is 109 cm³/mol. The number of carbonyl (C=O) groups is 1. The number of rotatable bonds is 7. The molecule has 1 N–H and O–H groups in total. The lowest BCUT2D eigenvalue weighted by Gasteiger charge is -2.13. The van der Waals surface area contributed by atoms with Crippen LogP contribution in [0.4, 0.5) is 5.69 Å². The SMILES string of the molecule is C=CCn1c(S[C@@H](C)C(=O)Nc2c(C)nn(C)c2C)nnc1-c1ccoc1C. The second kappa shape index (κ2) is 8.05. The maximum atomic E-state index is 12.7. The third-order valence-corrected chi connectivity index (χ3v) is 5.62. The fourth-order valence-electron chi connectivity index (χ4n) is 2.88. The van der Waals surface area contributed by atoms with Gasteiger partial charge in [-0.15, -0.1) is 16.8 Å². The van der Waals surface area contributed by atoms with Crippen molar-refractivity contribution in [1.29, 1.82) is 0 Å². The average Bonchev–Trinajstić information content (AvgIpc) is 3.30. The molecule has 3 aromatic heterocycles. The van der Waals surface area contributed by atoms with Gasteiger partial charge in [0.05, 0.1) is 34.2 Å². The summed E-state index contributed by atoms with van der Waals surface area (Å²) in [6.45, 7) is 11.9. The Morgan fingerprint density at radius 2 is 2.14 bits per heavy atom. The zero-order chi connectivity index (χ0) is 20.4. The standard InChI is InChI=1S/C19H24N6O2S/c1-7-9-25-17(15-8-10-27-13(15)4)21-22-19(25)28-14(5)18(26)20-16-11(2)23-24(6)12(16)3/h7-8,10,14H,1,9H2,2-6H3,(H,20,26)/t14-/m0/s1. The van der Waals surface area contributed by atoms with Gasteiger partial charge in [-0.25, -0.2) is 0 Å². The van der Waals surface area contributed by atoms with Crippen molar-refractivity contribution in [2.24, 2.45) is 7.05 Å². The minimum absolute atomic E-state index is 0.113. The van der Waals surface area contributed by atoms with Crippen molar-refractivity contribution >= 4 is 23.4 Å². The van der Waals surface area contributed by atoms with Crippen LogP contribution in [0.5, 0.6) is 0 Å². The highest BCUT2D eigenvalue weighted by Gasteiger charge is 2.23. The highest BCUT2D eigenvalue weighted by atomic mass is 32.2. The molecule has 3 rings (SSSR count). The third kappa shape index (κ3) is 3.75. The van der Waals surface area contributed by atoms with Crippen molar-refractivity contribution in [3.63, 3.8) is 0 Å². The Bertz CT molecular complexity index is 1020. The van der Waals surface area contributed by atoms with Gasteiger partial charge in [0.1, 0.15) is 5.76 Å². The molecular weight excluding hydrogens is 376 g/mol. The van der Waals surface area contributed by atoms with E-state index in [1.165, 1.54) is 11.8 Å². The zero-order valence-electron chi connectivity index (χ0n) is 16.7. The van der Waals surface area contributed by atoms with Crippen LogP contribution in [0.3, 0.4) is 0 Å². The molecule has 8 nitrogen and oxygen atoms in total. The summed E-state index contributed by atoms with van der Waals surface area (Å²) in [6.07, 6.45) is 3.40. The molecule has 0 saturated carbocycles. The zero-order valence-corrected chi connectivity index (χ0v) is 17.5. The summed E-state index contributed by atoms with van der Waals surface area (Å²) in [5.41, 5.74) is 3.33. The van der Waals surface area contributed by atoms with E-state index in [0.717, 1.165) is 28.4 Å². The molecule has 3 aromatic rings. The van der Waals surface area contributed by atoms with Crippen molar-refractivity contribution in [2.45, 2.75) is 44.6 Å². The van der Waals surface area contributed by atoms with E-state index in [1.54, 1.807) is 17.0 Å². The van der Waals surface area contributed by atoms with Crippen molar-refractivity contribution in [2.75, 3.05) is 5.32 Å². The van der Waals surface area contributed by atoms with Gasteiger partial charge in [-0.2, -0.15) is 5.10 Å². The van der Waals surface area contributed by atoms with E-state index in [4.69, 9.17) is 4.42 Å². The molecule has 0 bridgehead atoms. The molecule has 0 saturated heterocycles. The number of nitrogens with one attached hydrogen (secondary N) is 1. The first kappa shape index (κ1) is 19.9. The number of thioether (sulfide) groups is 1. The molecule has 0 fully saturated rings. The number of carbonyl (C=O) groups excluding carboxylic acids is 1. The van der Waals surface area contributed by atoms with E-state index in [9.17, 15) is 4.79 Å². The quantitative estimate of drug-likeness (QED) is 0.482. The number of aromatic nitrogens is 5. The van der Waals surface area contributed by atoms with Gasteiger partial charge >= 0.3 is 0 Å². The maximum Gasteiger partial charge on any atom is 0.237 e. The van der Waals surface area contributed by atoms with Crippen LogP contribution >= 0.6 is 11.8 Å². The summed E-state index contributed by atoms with van der Waals surface area (Å²) < 4.78 is 9.07. The number of amides is 1. The molecule has 1 amide bonds. The smallest absolute Gasteiger partial charge is 0.237 e. The first-order valence-corrected chi connectivity index (χ1v) is 9.77. The fourth-order valence-corrected chi connectivity index (χ4v) is 3.74. The molecule has 28 heavy (non-hydrogen) atoms. The van der Waals surface area contributed by atoms with Crippen LogP contribution in [0.15, 0.2) is 34.6 Å². The number of hydrogen-bond donors (Lipinski definition) is 1. The molecule has 0 aromatic carbocycles. The van der Waals surface area contributed by atoms with Gasteiger partial charge in [0.25, 0.3) is 0 Å². The molecule has 3 heterocycles. The third-order valence-electron chi connectivity index (χ3n) is 4.54. The first-order chi connectivity index (χ1) is 13.3. The lowest BCUT2D eigenvalue weighted by Crippen LogP contribution is -2.23. The highest BCUT2D eigenvalue weighted by Crippen LogP contribution is 2.30. The monoisotopic (exact) mass is 400 g/mol. The minimum Gasteiger partial charge on any atom is -0.469 e. The van der Waals surface area contributed by atoms with Crippen molar-refractivity contribution in [1.82, 2.24) is 24.5 Å². The molecule has 0 unspecified atom stereocenters. The summed E-state index contributed by atoms with van der Waals surface area (Å²) in [7, 11) is 1.85. The minimum atomic E-state index is -0.370. The van der Waals surface area contributed by atoms with E-state index in [-0.39, 0.29) is 11.2 Å². The Labute approximate surface area is 168 Å². The second-order valence-electron chi connectivity index (χ2n) is 6.51. The van der Waals surface area contributed by atoms with Gasteiger partial charge in [-0.1, -0.05) is 17.8 Å². The number of furan rings is 1. The lowest BCUT2D eigenvalue weighted by atomic mass is 10.2. The topological polar surface area (TPSA) is 90.8 Å². The van der Waals surface area contributed by atoms with Crippen LogP contribution in [-0.2, 0) is 18.4 Å². The van der Waals surface area contributed by atoms with Crippen molar-refractivity contribution in [3.05, 3.63) is 42.1 Å². The van der Waals surface area contributed by atoms with E-state index >= 15 is 0 Å². The van der Waals surface area contributed by atoms with Crippen LogP contribution in [0.25, 0.3) is 11.4 Å². The number of aryl methyl sites for hydroxylation is 3. The predicted octanol–water partition coefficient (Wildman–Crippen LogP) is 3.50. The second-order valence-corrected chi connectivity index (χ2v) is 7.82. The number of nitrogens with zero attached hydrogens (tertiary/aromatic N) is 5. The van der Waals surface area contributed by atoms with Gasteiger partial charge in [0, 0.05) is 13.6 Å². The van der Waals surface area contributed by atoms with Gasteiger partial charge in [-0.05, 0) is 33.8 Å². The lowest BCUT2D eigenvalue weighted by molar-refractivity contribution is -0.115. The normalized spacial score (nSPS) is 12.2. The van der Waals surface area contributed by atoms with Crippen LogP contribution in [0.2, 0.25) is 0 Å². The summed E-state index contributed by atoms with van der Waals surface area (Å²) in [6, 6.07) is 1.86. The van der Waals surface area contributed by atoms with Gasteiger partial charge in [0.2, 0.25) is 5.91 Å². The Kier molecular flexibility index (Phi) is 5.73. The Hall–Kier alpha value is -2.81. The van der Waals surface area contributed by atoms with Gasteiger partial charge < -0.3 is 9.73 Å². The van der Waals surface area contributed by atoms with E-state index < -0.39 is 0 Å². The van der Waals surface area contributed by atoms with E-state index in [0.29, 0.717) is 17.5 Å². The molecular formula is C19H24N6O2S. The van der Waals surface area contributed by atoms with Crippen molar-refractivity contribution in [3.8, 4) is 11.4 Å². The fraction of sp³-hybridized carbons (Fsp3) is 0.368. The Morgan fingerprint density at radius 3 is 2.71 bits per heavy atom. The summed E-state index contributed by atoms with van der Waals surface area (Å²) >= 11 is 1.35. The largest absolute Gasteiger partial charge is 0.469 e. The van der Waals surface area contributed by atoms with Crippen molar-refractivity contribution < 1.29 is 9.21 Å². The van der Waals surface area contributed by atoms with Gasteiger partial charge in [-0.3, -0.25) is 14.0 Å². The molecule has 0 spiro atoms. The number of allylic oxidation sites excluding steroid dienone is 1. The number of hydrogen-bond acceptors (Lipinski definition) is 6. The molecule has 9 heteroatoms. The summed E-state index contributed by atoms with van der Waals surface area (Å²) in [4.78, 5) is 12.7. The molecule has 148 valence electrons. The summed E-state index contributed by atoms with van der Waals surface area (Å²) in [5, 5.41) is 16.2. The maximum absolute atomic E-state index is 12.7. The molecule has 0 radical (unpaired) electrons.